The summed E-state index contributed by atoms with van der Waals surface area (Å²) in [5, 5.41) is 3.15. The summed E-state index contributed by atoms with van der Waals surface area (Å²) in [5.41, 5.74) is 1.56. The van der Waals surface area contributed by atoms with E-state index in [-0.39, 0.29) is 6.10 Å². The second-order valence-corrected chi connectivity index (χ2v) is 7.27. The van der Waals surface area contributed by atoms with Crippen LogP contribution in [0.3, 0.4) is 0 Å². The number of aromatic nitrogens is 1. The Balaban J connectivity index is 2.14. The van der Waals surface area contributed by atoms with Crippen molar-refractivity contribution in [2.75, 3.05) is 11.6 Å². The Kier molecular flexibility index (Phi) is 5.03. The molecule has 0 radical (unpaired) electrons. The molecule has 0 atom stereocenters. The molecule has 1 aromatic carbocycles. The SMILES string of the molecule is CC(C)Oc1cc(CNc2ccccc2S(C)(=O)=O)ccn1. The Morgan fingerprint density at radius 1 is 1.23 bits per heavy atom. The van der Waals surface area contributed by atoms with Crippen molar-refractivity contribution in [2.45, 2.75) is 31.4 Å². The van der Waals surface area contributed by atoms with Crippen molar-refractivity contribution >= 4 is 15.5 Å². The molecule has 118 valence electrons. The average Bonchev–Trinajstić information content (AvgIpc) is 2.44. The van der Waals surface area contributed by atoms with Gasteiger partial charge in [0.05, 0.1) is 16.7 Å². The summed E-state index contributed by atoms with van der Waals surface area (Å²) < 4.78 is 29.1. The van der Waals surface area contributed by atoms with Crippen LogP contribution in [0.4, 0.5) is 5.69 Å². The zero-order valence-electron chi connectivity index (χ0n) is 12.9. The van der Waals surface area contributed by atoms with Crippen molar-refractivity contribution in [3.05, 3.63) is 48.2 Å². The molecule has 0 aliphatic carbocycles. The molecule has 5 nitrogen and oxygen atoms in total. The van der Waals surface area contributed by atoms with Gasteiger partial charge in [-0.25, -0.2) is 13.4 Å². The van der Waals surface area contributed by atoms with Gasteiger partial charge in [0.1, 0.15) is 0 Å². The monoisotopic (exact) mass is 320 g/mol. The molecule has 0 spiro atoms. The summed E-state index contributed by atoms with van der Waals surface area (Å²) in [6, 6.07) is 10.6. The molecular formula is C16H20N2O3S. The first kappa shape index (κ1) is 16.3. The molecule has 22 heavy (non-hydrogen) atoms. The standard InChI is InChI=1S/C16H20N2O3S/c1-12(2)21-16-10-13(8-9-17-16)11-18-14-6-4-5-7-15(14)22(3,19)20/h4-10,12,18H,11H2,1-3H3. The number of benzene rings is 1. The molecule has 6 heteroatoms. The Morgan fingerprint density at radius 3 is 2.64 bits per heavy atom. The van der Waals surface area contributed by atoms with Crippen molar-refractivity contribution < 1.29 is 13.2 Å². The van der Waals surface area contributed by atoms with Crippen LogP contribution in [0.15, 0.2) is 47.5 Å². The third-order valence-electron chi connectivity index (χ3n) is 2.93. The van der Waals surface area contributed by atoms with Gasteiger partial charge in [0.15, 0.2) is 9.84 Å². The van der Waals surface area contributed by atoms with Crippen LogP contribution in [0.5, 0.6) is 5.88 Å². The molecule has 0 aliphatic heterocycles. The third kappa shape index (κ3) is 4.46. The number of hydrogen-bond donors (Lipinski definition) is 1. The molecule has 0 saturated carbocycles. The lowest BCUT2D eigenvalue weighted by Crippen LogP contribution is -2.08. The average molecular weight is 320 g/mol. The van der Waals surface area contributed by atoms with Crippen molar-refractivity contribution in [3.8, 4) is 5.88 Å². The number of anilines is 1. The second-order valence-electron chi connectivity index (χ2n) is 5.29. The van der Waals surface area contributed by atoms with Gasteiger partial charge >= 0.3 is 0 Å². The minimum absolute atomic E-state index is 0.0571. The van der Waals surface area contributed by atoms with E-state index in [0.717, 1.165) is 5.56 Å². The van der Waals surface area contributed by atoms with Gasteiger partial charge < -0.3 is 10.1 Å². The number of nitrogens with zero attached hydrogens (tertiary/aromatic N) is 1. The maximum atomic E-state index is 11.8. The highest BCUT2D eigenvalue weighted by atomic mass is 32.2. The summed E-state index contributed by atoms with van der Waals surface area (Å²) in [5.74, 6) is 0.561. The third-order valence-corrected chi connectivity index (χ3v) is 4.08. The maximum Gasteiger partial charge on any atom is 0.213 e. The van der Waals surface area contributed by atoms with Crippen LogP contribution in [0.2, 0.25) is 0 Å². The second kappa shape index (κ2) is 6.79. The number of para-hydroxylation sites is 1. The maximum absolute atomic E-state index is 11.8. The van der Waals surface area contributed by atoms with E-state index in [1.807, 2.05) is 26.0 Å². The molecule has 2 aromatic rings. The van der Waals surface area contributed by atoms with Crippen LogP contribution in [0.1, 0.15) is 19.4 Å². The van der Waals surface area contributed by atoms with Gasteiger partial charge in [-0.05, 0) is 37.6 Å². The molecule has 0 saturated heterocycles. The van der Waals surface area contributed by atoms with Gasteiger partial charge in [0.2, 0.25) is 5.88 Å². The van der Waals surface area contributed by atoms with Crippen LogP contribution in [0.25, 0.3) is 0 Å². The quantitative estimate of drug-likeness (QED) is 0.886. The molecule has 1 N–H and O–H groups in total. The molecule has 0 fully saturated rings. The lowest BCUT2D eigenvalue weighted by Gasteiger charge is -2.12. The van der Waals surface area contributed by atoms with E-state index < -0.39 is 9.84 Å². The molecular weight excluding hydrogens is 300 g/mol. The zero-order valence-corrected chi connectivity index (χ0v) is 13.7. The lowest BCUT2D eigenvalue weighted by atomic mass is 10.2. The number of rotatable bonds is 6. The number of hydrogen-bond acceptors (Lipinski definition) is 5. The minimum atomic E-state index is -3.26. The molecule has 1 aromatic heterocycles. The highest BCUT2D eigenvalue weighted by molar-refractivity contribution is 7.90. The molecule has 0 unspecified atom stereocenters. The van der Waals surface area contributed by atoms with Gasteiger partial charge in [0, 0.05) is 25.1 Å². The first-order chi connectivity index (χ1) is 10.4. The van der Waals surface area contributed by atoms with E-state index in [9.17, 15) is 8.42 Å². The minimum Gasteiger partial charge on any atom is -0.475 e. The van der Waals surface area contributed by atoms with Gasteiger partial charge in [-0.1, -0.05) is 12.1 Å². The van der Waals surface area contributed by atoms with Gasteiger partial charge in [-0.15, -0.1) is 0 Å². The summed E-state index contributed by atoms with van der Waals surface area (Å²) in [7, 11) is -3.26. The van der Waals surface area contributed by atoms with E-state index in [0.29, 0.717) is 23.0 Å². The van der Waals surface area contributed by atoms with E-state index in [2.05, 4.69) is 10.3 Å². The van der Waals surface area contributed by atoms with Gasteiger partial charge in [-0.3, -0.25) is 0 Å². The van der Waals surface area contributed by atoms with E-state index in [4.69, 9.17) is 4.74 Å². The fourth-order valence-electron chi connectivity index (χ4n) is 2.00. The first-order valence-electron chi connectivity index (χ1n) is 7.01. The summed E-state index contributed by atoms with van der Waals surface area (Å²) in [6.07, 6.45) is 2.94. The summed E-state index contributed by atoms with van der Waals surface area (Å²) in [4.78, 5) is 4.44. The molecule has 0 bridgehead atoms. The molecule has 0 aliphatic rings. The predicted molar refractivity (Wildman–Crippen MR) is 86.9 cm³/mol. The Labute approximate surface area is 131 Å². The zero-order chi connectivity index (χ0) is 16.2. The predicted octanol–water partition coefficient (Wildman–Crippen LogP) is 2.88. The van der Waals surface area contributed by atoms with E-state index in [1.165, 1.54) is 6.26 Å². The fraction of sp³-hybridized carbons (Fsp3) is 0.312. The topological polar surface area (TPSA) is 68.3 Å². The highest BCUT2D eigenvalue weighted by Crippen LogP contribution is 2.21. The Bertz CT molecular complexity index is 743. The molecule has 0 amide bonds. The lowest BCUT2D eigenvalue weighted by molar-refractivity contribution is 0.232. The van der Waals surface area contributed by atoms with Crippen molar-refractivity contribution in [2.24, 2.45) is 0 Å². The fourth-order valence-corrected chi connectivity index (χ4v) is 2.87. The molecule has 1 heterocycles. The Hall–Kier alpha value is -2.08. The van der Waals surface area contributed by atoms with Crippen LogP contribution < -0.4 is 10.1 Å². The summed E-state index contributed by atoms with van der Waals surface area (Å²) >= 11 is 0. The van der Waals surface area contributed by atoms with Crippen LogP contribution in [0, 0.1) is 0 Å². The number of nitrogens with one attached hydrogen (secondary N) is 1. The van der Waals surface area contributed by atoms with E-state index in [1.54, 1.807) is 30.5 Å². The highest BCUT2D eigenvalue weighted by Gasteiger charge is 2.12. The molecule has 2 rings (SSSR count). The van der Waals surface area contributed by atoms with Crippen molar-refractivity contribution in [1.82, 2.24) is 4.98 Å². The largest absolute Gasteiger partial charge is 0.475 e. The Morgan fingerprint density at radius 2 is 1.95 bits per heavy atom. The normalized spacial score (nSPS) is 11.5. The van der Waals surface area contributed by atoms with E-state index >= 15 is 0 Å². The number of sulfone groups is 1. The number of pyridine rings is 1. The number of ether oxygens (including phenoxy) is 1. The van der Waals surface area contributed by atoms with Gasteiger partial charge in [-0.2, -0.15) is 0 Å². The van der Waals surface area contributed by atoms with Crippen molar-refractivity contribution in [3.63, 3.8) is 0 Å². The summed E-state index contributed by atoms with van der Waals surface area (Å²) in [6.45, 7) is 4.37. The van der Waals surface area contributed by atoms with Crippen LogP contribution >= 0.6 is 0 Å². The smallest absolute Gasteiger partial charge is 0.213 e. The van der Waals surface area contributed by atoms with Crippen molar-refractivity contribution in [1.29, 1.82) is 0 Å². The van der Waals surface area contributed by atoms with Crippen LogP contribution in [-0.2, 0) is 16.4 Å². The first-order valence-corrected chi connectivity index (χ1v) is 8.90. The van der Waals surface area contributed by atoms with Crippen LogP contribution in [-0.4, -0.2) is 25.8 Å². The van der Waals surface area contributed by atoms with Gasteiger partial charge in [0.25, 0.3) is 0 Å².